The number of nitrogens with one attached hydrogen (secondary N) is 2. The van der Waals surface area contributed by atoms with Crippen molar-refractivity contribution < 1.29 is 14.0 Å². The van der Waals surface area contributed by atoms with Gasteiger partial charge in [0, 0.05) is 17.7 Å². The number of furan rings is 1. The van der Waals surface area contributed by atoms with Crippen LogP contribution >= 0.6 is 0 Å². The summed E-state index contributed by atoms with van der Waals surface area (Å²) in [5, 5.41) is 5.93. The van der Waals surface area contributed by atoms with Gasteiger partial charge in [-0.25, -0.2) is 0 Å². The van der Waals surface area contributed by atoms with Crippen LogP contribution in [0.1, 0.15) is 56.1 Å². The molecule has 0 radical (unpaired) electrons. The topological polar surface area (TPSA) is 71.3 Å². The lowest BCUT2D eigenvalue weighted by molar-refractivity contribution is -0.120. The van der Waals surface area contributed by atoms with Crippen molar-refractivity contribution in [3.8, 4) is 0 Å². The van der Waals surface area contributed by atoms with Crippen molar-refractivity contribution in [1.29, 1.82) is 0 Å². The summed E-state index contributed by atoms with van der Waals surface area (Å²) >= 11 is 0. The number of aryl methyl sites for hydroxylation is 1. The number of hydrogen-bond acceptors (Lipinski definition) is 3. The van der Waals surface area contributed by atoms with Gasteiger partial charge in [0.05, 0.1) is 0 Å². The molecule has 3 rings (SSSR count). The lowest BCUT2D eigenvalue weighted by Crippen LogP contribution is -2.38. The highest BCUT2D eigenvalue weighted by Gasteiger charge is 2.23. The molecule has 0 aromatic carbocycles. The summed E-state index contributed by atoms with van der Waals surface area (Å²) in [5.41, 5.74) is 1.67. The summed E-state index contributed by atoms with van der Waals surface area (Å²) in [6.45, 7) is 2.19. The molecule has 2 aliphatic rings. The molecule has 1 aromatic heterocycles. The van der Waals surface area contributed by atoms with Crippen molar-refractivity contribution in [1.82, 2.24) is 10.6 Å². The number of allylic oxidation sites excluding steroid dienone is 2. The van der Waals surface area contributed by atoms with Gasteiger partial charge in [-0.2, -0.15) is 0 Å². The van der Waals surface area contributed by atoms with Crippen molar-refractivity contribution in [2.24, 2.45) is 0 Å². The highest BCUT2D eigenvalue weighted by Crippen LogP contribution is 2.21. The van der Waals surface area contributed by atoms with Crippen LogP contribution in [0.3, 0.4) is 0 Å². The van der Waals surface area contributed by atoms with Gasteiger partial charge in [0.2, 0.25) is 11.8 Å². The summed E-state index contributed by atoms with van der Waals surface area (Å²) in [6, 6.07) is 3.35. The number of rotatable bonds is 6. The molecule has 0 bridgehead atoms. The Morgan fingerprint density at radius 1 is 1.08 bits per heavy atom. The summed E-state index contributed by atoms with van der Waals surface area (Å²) in [4.78, 5) is 24.6. The normalized spacial score (nSPS) is 18.0. The van der Waals surface area contributed by atoms with Crippen molar-refractivity contribution >= 4 is 11.8 Å². The van der Waals surface area contributed by atoms with E-state index in [0.717, 1.165) is 55.4 Å². The van der Waals surface area contributed by atoms with Gasteiger partial charge in [0.1, 0.15) is 17.6 Å². The second-order valence-corrected chi connectivity index (χ2v) is 6.43. The van der Waals surface area contributed by atoms with Gasteiger partial charge in [0.25, 0.3) is 0 Å². The van der Waals surface area contributed by atoms with E-state index in [0.29, 0.717) is 12.3 Å². The zero-order valence-corrected chi connectivity index (χ0v) is 14.1. The van der Waals surface area contributed by atoms with Crippen molar-refractivity contribution in [3.05, 3.63) is 47.0 Å². The molecule has 5 heteroatoms. The summed E-state index contributed by atoms with van der Waals surface area (Å²) in [5.74, 6) is 1.34. The molecule has 128 valence electrons. The zero-order valence-electron chi connectivity index (χ0n) is 14.1. The molecule has 1 atom stereocenters. The van der Waals surface area contributed by atoms with Crippen LogP contribution in [0.15, 0.2) is 39.8 Å². The minimum absolute atomic E-state index is 0.0462. The monoisotopic (exact) mass is 328 g/mol. The fourth-order valence-corrected chi connectivity index (χ4v) is 3.18. The zero-order chi connectivity index (χ0) is 16.9. The van der Waals surface area contributed by atoms with Crippen molar-refractivity contribution in [2.45, 2.75) is 51.5 Å². The van der Waals surface area contributed by atoms with E-state index in [-0.39, 0.29) is 17.9 Å². The molecule has 0 saturated carbocycles. The number of hydrogen-bond donors (Lipinski definition) is 2. The molecule has 5 nitrogen and oxygen atoms in total. The Balaban J connectivity index is 1.65. The molecule has 2 amide bonds. The SMILES string of the molecule is Cc1ccc([C@H](CNC(=O)C2=CCCC2)NC(=O)C2=CCCC2)o1. The fraction of sp³-hybridized carbons (Fsp3) is 0.474. The molecule has 0 unspecified atom stereocenters. The third-order valence-electron chi connectivity index (χ3n) is 4.54. The molecule has 2 aliphatic carbocycles. The van der Waals surface area contributed by atoms with E-state index in [1.807, 2.05) is 31.2 Å². The van der Waals surface area contributed by atoms with Crippen molar-refractivity contribution in [2.75, 3.05) is 6.54 Å². The van der Waals surface area contributed by atoms with Gasteiger partial charge in [0.15, 0.2) is 0 Å². The summed E-state index contributed by atoms with van der Waals surface area (Å²) in [7, 11) is 0. The molecule has 1 heterocycles. The first-order chi connectivity index (χ1) is 11.6. The largest absolute Gasteiger partial charge is 0.464 e. The average molecular weight is 328 g/mol. The van der Waals surface area contributed by atoms with E-state index in [4.69, 9.17) is 4.42 Å². The second kappa shape index (κ2) is 7.51. The minimum atomic E-state index is -0.362. The molecular weight excluding hydrogens is 304 g/mol. The number of amides is 2. The van der Waals surface area contributed by atoms with Gasteiger partial charge < -0.3 is 15.1 Å². The Hall–Kier alpha value is -2.30. The molecule has 24 heavy (non-hydrogen) atoms. The predicted molar refractivity (Wildman–Crippen MR) is 91.2 cm³/mol. The maximum atomic E-state index is 12.4. The Bertz CT molecular complexity index is 685. The molecule has 0 aliphatic heterocycles. The van der Waals surface area contributed by atoms with Crippen LogP contribution in [0.5, 0.6) is 0 Å². The molecule has 2 N–H and O–H groups in total. The van der Waals surface area contributed by atoms with Crippen LogP contribution in [0.2, 0.25) is 0 Å². The Morgan fingerprint density at radius 2 is 1.75 bits per heavy atom. The van der Waals surface area contributed by atoms with Crippen LogP contribution in [0, 0.1) is 6.92 Å². The Kier molecular flexibility index (Phi) is 5.18. The highest BCUT2D eigenvalue weighted by atomic mass is 16.3. The second-order valence-electron chi connectivity index (χ2n) is 6.43. The van der Waals surface area contributed by atoms with E-state index in [1.165, 1.54) is 0 Å². The summed E-state index contributed by atoms with van der Waals surface area (Å²) < 4.78 is 5.67. The standard InChI is InChI=1S/C19H24N2O3/c1-13-10-11-17(24-13)16(21-19(23)15-8-4-5-9-15)12-20-18(22)14-6-2-3-7-14/h6,8,10-11,16H,2-5,7,9,12H2,1H3,(H,20,22)(H,21,23)/t16-/m0/s1. The first kappa shape index (κ1) is 16.6. The molecule has 0 spiro atoms. The molecule has 0 fully saturated rings. The van der Waals surface area contributed by atoms with E-state index < -0.39 is 0 Å². The smallest absolute Gasteiger partial charge is 0.247 e. The van der Waals surface area contributed by atoms with Gasteiger partial charge in [-0.15, -0.1) is 0 Å². The van der Waals surface area contributed by atoms with Crippen molar-refractivity contribution in [3.63, 3.8) is 0 Å². The van der Waals surface area contributed by atoms with Crippen LogP contribution < -0.4 is 10.6 Å². The quantitative estimate of drug-likeness (QED) is 0.843. The van der Waals surface area contributed by atoms with Crippen LogP contribution in [-0.4, -0.2) is 18.4 Å². The van der Waals surface area contributed by atoms with E-state index in [2.05, 4.69) is 10.6 Å². The number of carbonyl (C=O) groups excluding carboxylic acids is 2. The fourth-order valence-electron chi connectivity index (χ4n) is 3.18. The Labute approximate surface area is 142 Å². The van der Waals surface area contributed by atoms with Crippen LogP contribution in [0.25, 0.3) is 0 Å². The molecule has 1 aromatic rings. The maximum Gasteiger partial charge on any atom is 0.247 e. The van der Waals surface area contributed by atoms with Crippen LogP contribution in [0.4, 0.5) is 0 Å². The van der Waals surface area contributed by atoms with Gasteiger partial charge in [-0.1, -0.05) is 12.2 Å². The van der Waals surface area contributed by atoms with E-state index >= 15 is 0 Å². The highest BCUT2D eigenvalue weighted by molar-refractivity contribution is 5.95. The first-order valence-electron chi connectivity index (χ1n) is 8.67. The third-order valence-corrected chi connectivity index (χ3v) is 4.54. The van der Waals surface area contributed by atoms with Gasteiger partial charge >= 0.3 is 0 Å². The molecular formula is C19H24N2O3. The minimum Gasteiger partial charge on any atom is -0.464 e. The maximum absolute atomic E-state index is 12.4. The summed E-state index contributed by atoms with van der Waals surface area (Å²) in [6.07, 6.45) is 9.61. The molecule has 0 saturated heterocycles. The average Bonchev–Trinajstić information content (AvgIpc) is 3.32. The van der Waals surface area contributed by atoms with Gasteiger partial charge in [-0.3, -0.25) is 9.59 Å². The predicted octanol–water partition coefficient (Wildman–Crippen LogP) is 3.08. The lowest BCUT2D eigenvalue weighted by atomic mass is 10.1. The van der Waals surface area contributed by atoms with E-state index in [1.54, 1.807) is 0 Å². The Morgan fingerprint density at radius 3 is 2.29 bits per heavy atom. The lowest BCUT2D eigenvalue weighted by Gasteiger charge is -2.18. The first-order valence-corrected chi connectivity index (χ1v) is 8.67. The van der Waals surface area contributed by atoms with E-state index in [9.17, 15) is 9.59 Å². The van der Waals surface area contributed by atoms with Gasteiger partial charge in [-0.05, 0) is 57.6 Å². The van der Waals surface area contributed by atoms with Crippen LogP contribution in [-0.2, 0) is 9.59 Å². The number of carbonyl (C=O) groups is 2. The third kappa shape index (κ3) is 3.96.